The Hall–Kier alpha value is -4.56. The smallest absolute Gasteiger partial charge is 0.405 e. The van der Waals surface area contributed by atoms with Gasteiger partial charge in [0.1, 0.15) is 24.4 Å². The molecular formula is C35H34Cl2F5N3O6. The molecule has 16 heteroatoms. The predicted octanol–water partition coefficient (Wildman–Crippen LogP) is 6.31. The van der Waals surface area contributed by atoms with Crippen LogP contribution in [0.3, 0.4) is 0 Å². The molecule has 0 aromatic heterocycles. The average Bonchev–Trinajstić information content (AvgIpc) is 3.07. The average molecular weight is 759 g/mol. The Labute approximate surface area is 300 Å². The van der Waals surface area contributed by atoms with Crippen molar-refractivity contribution < 1.29 is 50.7 Å². The number of alkyl halides is 5. The quantitative estimate of drug-likeness (QED) is 0.116. The van der Waals surface area contributed by atoms with Crippen LogP contribution in [-0.4, -0.2) is 61.1 Å². The van der Waals surface area contributed by atoms with Crippen molar-refractivity contribution in [3.63, 3.8) is 0 Å². The van der Waals surface area contributed by atoms with Crippen LogP contribution in [0.25, 0.3) is 0 Å². The number of hydrogen-bond acceptors (Lipinski definition) is 6. The van der Waals surface area contributed by atoms with Crippen molar-refractivity contribution >= 4 is 52.5 Å². The van der Waals surface area contributed by atoms with Gasteiger partial charge in [0.15, 0.2) is 5.78 Å². The fraction of sp³-hybridized carbons (Fsp3) is 0.343. The van der Waals surface area contributed by atoms with Gasteiger partial charge in [-0.05, 0) is 59.5 Å². The molecule has 3 aromatic rings. The van der Waals surface area contributed by atoms with E-state index in [1.807, 2.05) is 0 Å². The summed E-state index contributed by atoms with van der Waals surface area (Å²) in [6.07, 6.45) is -6.08. The predicted molar refractivity (Wildman–Crippen MR) is 179 cm³/mol. The number of ketones is 2. The fourth-order valence-corrected chi connectivity index (χ4v) is 5.37. The normalized spacial score (nSPS) is 13.5. The molecule has 3 atom stereocenters. The molecule has 0 unspecified atom stereocenters. The van der Waals surface area contributed by atoms with E-state index >= 15 is 0 Å². The minimum absolute atomic E-state index is 0.116. The third kappa shape index (κ3) is 11.7. The lowest BCUT2D eigenvalue weighted by Gasteiger charge is -2.27. The number of halogens is 7. The summed E-state index contributed by atoms with van der Waals surface area (Å²) in [6.45, 7) is 0.523. The van der Waals surface area contributed by atoms with Crippen molar-refractivity contribution in [1.29, 1.82) is 0 Å². The van der Waals surface area contributed by atoms with Gasteiger partial charge in [-0.25, -0.2) is 0 Å². The second-order valence-electron chi connectivity index (χ2n) is 11.8. The van der Waals surface area contributed by atoms with E-state index in [-0.39, 0.29) is 22.6 Å². The van der Waals surface area contributed by atoms with Crippen molar-refractivity contribution in [3.05, 3.63) is 99.5 Å². The summed E-state index contributed by atoms with van der Waals surface area (Å²) in [6, 6.07) is 15.1. The number of benzene rings is 3. The summed E-state index contributed by atoms with van der Waals surface area (Å²) >= 11 is 12.2. The highest BCUT2D eigenvalue weighted by molar-refractivity contribution is 6.31. The molecule has 0 radical (unpaired) electrons. The highest BCUT2D eigenvalue weighted by Gasteiger charge is 2.52. The van der Waals surface area contributed by atoms with Crippen LogP contribution in [0.2, 0.25) is 10.0 Å². The van der Waals surface area contributed by atoms with Crippen LogP contribution in [0.4, 0.5) is 22.0 Å². The van der Waals surface area contributed by atoms with E-state index in [4.69, 9.17) is 27.9 Å². The number of ether oxygens (including phenoxy) is 1. The molecule has 0 saturated heterocycles. The third-order valence-corrected chi connectivity index (χ3v) is 8.17. The zero-order valence-corrected chi connectivity index (χ0v) is 29.0. The molecule has 51 heavy (non-hydrogen) atoms. The van der Waals surface area contributed by atoms with Gasteiger partial charge in [0.05, 0.1) is 7.11 Å². The molecule has 3 aromatic carbocycles. The van der Waals surface area contributed by atoms with Crippen molar-refractivity contribution in [2.45, 2.75) is 50.9 Å². The second kappa shape index (κ2) is 17.6. The Kier molecular flexibility index (Phi) is 14.1. The van der Waals surface area contributed by atoms with Crippen LogP contribution in [-0.2, 0) is 25.6 Å². The van der Waals surface area contributed by atoms with E-state index in [9.17, 15) is 45.9 Å². The SMILES string of the molecule is COc1ccc([C@H](NC(=O)[C@H](Cc2cccc(Cl)c2)NC(=O)c2cccc(Cl)c2)C(=O)C[C@H](C(=O)C(F)(F)C(=O)NCC(F)(F)F)C(C)C)cc1. The van der Waals surface area contributed by atoms with Crippen molar-refractivity contribution in [3.8, 4) is 5.75 Å². The maximum atomic E-state index is 14.9. The molecule has 0 fully saturated rings. The summed E-state index contributed by atoms with van der Waals surface area (Å²) in [4.78, 5) is 66.0. The molecular weight excluding hydrogens is 724 g/mol. The number of rotatable bonds is 16. The van der Waals surface area contributed by atoms with Gasteiger partial charge in [0, 0.05) is 34.4 Å². The summed E-state index contributed by atoms with van der Waals surface area (Å²) in [7, 11) is 1.38. The first-order chi connectivity index (χ1) is 23.8. The van der Waals surface area contributed by atoms with E-state index in [1.54, 1.807) is 30.3 Å². The van der Waals surface area contributed by atoms with Crippen LogP contribution < -0.4 is 20.7 Å². The van der Waals surface area contributed by atoms with E-state index in [0.29, 0.717) is 16.3 Å². The molecule has 0 aliphatic carbocycles. The maximum Gasteiger partial charge on any atom is 0.405 e. The number of nitrogens with one attached hydrogen (secondary N) is 3. The lowest BCUT2D eigenvalue weighted by atomic mass is 9.82. The van der Waals surface area contributed by atoms with Gasteiger partial charge in [-0.1, -0.05) is 67.4 Å². The molecule has 0 spiro atoms. The van der Waals surface area contributed by atoms with Gasteiger partial charge >= 0.3 is 12.1 Å². The highest BCUT2D eigenvalue weighted by Crippen LogP contribution is 2.30. The number of Topliss-reactive ketones (excluding diaryl/α,β-unsaturated/α-hetero) is 2. The third-order valence-electron chi connectivity index (χ3n) is 7.70. The first-order valence-corrected chi connectivity index (χ1v) is 16.1. The number of amides is 3. The molecule has 0 aliphatic rings. The first-order valence-electron chi connectivity index (χ1n) is 15.4. The summed E-state index contributed by atoms with van der Waals surface area (Å²) in [5.41, 5.74) is 0.784. The maximum absolute atomic E-state index is 14.9. The highest BCUT2D eigenvalue weighted by atomic mass is 35.5. The van der Waals surface area contributed by atoms with Crippen molar-refractivity contribution in [1.82, 2.24) is 16.0 Å². The van der Waals surface area contributed by atoms with Crippen LogP contribution in [0.15, 0.2) is 72.8 Å². The number of carbonyl (C=O) groups is 5. The molecule has 274 valence electrons. The Balaban J connectivity index is 1.97. The number of methoxy groups -OCH3 is 1. The molecule has 0 saturated carbocycles. The van der Waals surface area contributed by atoms with E-state index < -0.39 is 78.3 Å². The van der Waals surface area contributed by atoms with Gasteiger partial charge in [0.25, 0.3) is 11.8 Å². The lowest BCUT2D eigenvalue weighted by molar-refractivity contribution is -0.167. The Morgan fingerprint density at radius 3 is 1.98 bits per heavy atom. The molecule has 3 amide bonds. The minimum Gasteiger partial charge on any atom is -0.497 e. The van der Waals surface area contributed by atoms with Gasteiger partial charge in [-0.2, -0.15) is 22.0 Å². The Morgan fingerprint density at radius 1 is 0.824 bits per heavy atom. The molecule has 0 aliphatic heterocycles. The van der Waals surface area contributed by atoms with Crippen LogP contribution in [0, 0.1) is 11.8 Å². The Morgan fingerprint density at radius 2 is 1.43 bits per heavy atom. The molecule has 3 N–H and O–H groups in total. The van der Waals surface area contributed by atoms with Gasteiger partial charge < -0.3 is 20.7 Å². The molecule has 3 rings (SSSR count). The van der Waals surface area contributed by atoms with E-state index in [0.717, 1.165) is 5.32 Å². The topological polar surface area (TPSA) is 131 Å². The van der Waals surface area contributed by atoms with Crippen molar-refractivity contribution in [2.75, 3.05) is 13.7 Å². The number of hydrogen-bond donors (Lipinski definition) is 3. The lowest BCUT2D eigenvalue weighted by Crippen LogP contribution is -2.52. The van der Waals surface area contributed by atoms with Gasteiger partial charge in [0.2, 0.25) is 11.7 Å². The summed E-state index contributed by atoms with van der Waals surface area (Å²) in [5.74, 6) is -14.5. The Bertz CT molecular complexity index is 1740. The molecule has 9 nitrogen and oxygen atoms in total. The van der Waals surface area contributed by atoms with Gasteiger partial charge in [-0.3, -0.25) is 24.0 Å². The second-order valence-corrected chi connectivity index (χ2v) is 12.7. The first kappa shape index (κ1) is 40.9. The minimum atomic E-state index is -5.02. The largest absolute Gasteiger partial charge is 0.497 e. The zero-order valence-electron chi connectivity index (χ0n) is 27.5. The van der Waals surface area contributed by atoms with Crippen LogP contribution in [0.1, 0.15) is 47.8 Å². The molecule has 0 heterocycles. The van der Waals surface area contributed by atoms with E-state index in [2.05, 4.69) is 10.6 Å². The summed E-state index contributed by atoms with van der Waals surface area (Å²) in [5, 5.41) is 6.76. The summed E-state index contributed by atoms with van der Waals surface area (Å²) < 4.78 is 72.7. The standard InChI is InChI=1S/C35H34Cl2F5N3O6/c1-19(2)26(30(47)35(41,42)33(50)43-18-34(38,39)40)17-28(46)29(21-10-12-25(51-3)13-11-21)45-32(49)27(15-20-6-4-8-23(36)14-20)44-31(48)22-7-5-9-24(37)16-22/h4-14,16,19,26-27,29H,15,17-18H2,1-3H3,(H,43,50)(H,44,48)(H,45,49)/t26-,27-,29-/m0/s1. The van der Waals surface area contributed by atoms with Gasteiger partial charge in [-0.15, -0.1) is 0 Å². The zero-order chi connectivity index (χ0) is 38.1. The fourth-order valence-electron chi connectivity index (χ4n) is 4.97. The number of carbonyl (C=O) groups excluding carboxylic acids is 5. The monoisotopic (exact) mass is 757 g/mol. The van der Waals surface area contributed by atoms with E-state index in [1.165, 1.54) is 63.4 Å². The van der Waals surface area contributed by atoms with Crippen LogP contribution >= 0.6 is 23.2 Å². The van der Waals surface area contributed by atoms with Crippen molar-refractivity contribution in [2.24, 2.45) is 11.8 Å². The molecule has 0 bridgehead atoms. The van der Waals surface area contributed by atoms with Crippen LogP contribution in [0.5, 0.6) is 5.75 Å².